The van der Waals surface area contributed by atoms with Crippen LogP contribution in [-0.2, 0) is 0 Å². The predicted octanol–water partition coefficient (Wildman–Crippen LogP) is 4.01. The summed E-state index contributed by atoms with van der Waals surface area (Å²) in [6.45, 7) is 1.96. The molecule has 0 fully saturated rings. The molecule has 0 saturated carbocycles. The summed E-state index contributed by atoms with van der Waals surface area (Å²) in [5, 5.41) is 6.99. The molecule has 1 aromatic carbocycles. The second kappa shape index (κ2) is 6.21. The summed E-state index contributed by atoms with van der Waals surface area (Å²) in [7, 11) is 1.56. The van der Waals surface area contributed by atoms with Crippen LogP contribution in [0.15, 0.2) is 39.5 Å². The molecule has 0 radical (unpaired) electrons. The van der Waals surface area contributed by atoms with Gasteiger partial charge in [0.15, 0.2) is 0 Å². The van der Waals surface area contributed by atoms with Crippen molar-refractivity contribution in [3.05, 3.63) is 50.6 Å². The molecule has 3 nitrogen and oxygen atoms in total. The number of rotatable bonds is 4. The molecular weight excluding hydrogens is 326 g/mol. The lowest BCUT2D eigenvalue weighted by Gasteiger charge is -2.14. The Morgan fingerprint density at radius 1 is 1.42 bits per heavy atom. The summed E-state index contributed by atoms with van der Waals surface area (Å²) >= 11 is 4.98. The fourth-order valence-electron chi connectivity index (χ4n) is 1.73. The van der Waals surface area contributed by atoms with Crippen LogP contribution in [0.25, 0.3) is 0 Å². The number of hydrogen-bond acceptors (Lipinski definition) is 3. The maximum absolute atomic E-state index is 12.2. The van der Waals surface area contributed by atoms with Gasteiger partial charge in [0.2, 0.25) is 0 Å². The molecule has 2 aromatic rings. The van der Waals surface area contributed by atoms with Gasteiger partial charge in [-0.05, 0) is 47.5 Å². The van der Waals surface area contributed by atoms with E-state index in [4.69, 9.17) is 4.74 Å². The molecule has 5 heteroatoms. The van der Waals surface area contributed by atoms with Gasteiger partial charge in [0.05, 0.1) is 18.7 Å². The van der Waals surface area contributed by atoms with Crippen LogP contribution >= 0.6 is 27.3 Å². The van der Waals surface area contributed by atoms with Crippen LogP contribution in [0.2, 0.25) is 0 Å². The monoisotopic (exact) mass is 339 g/mol. The molecule has 0 aliphatic heterocycles. The van der Waals surface area contributed by atoms with Crippen LogP contribution in [0.5, 0.6) is 5.75 Å². The van der Waals surface area contributed by atoms with E-state index in [1.165, 1.54) is 0 Å². The highest BCUT2D eigenvalue weighted by Gasteiger charge is 2.15. The second-order valence-corrected chi connectivity index (χ2v) is 5.79. The van der Waals surface area contributed by atoms with Gasteiger partial charge in [-0.2, -0.15) is 11.3 Å². The Bertz CT molecular complexity index is 569. The van der Waals surface area contributed by atoms with E-state index in [2.05, 4.69) is 21.2 Å². The van der Waals surface area contributed by atoms with E-state index in [0.717, 1.165) is 10.0 Å². The molecule has 100 valence electrons. The van der Waals surface area contributed by atoms with Crippen molar-refractivity contribution in [3.8, 4) is 5.75 Å². The number of thiophene rings is 1. The van der Waals surface area contributed by atoms with Crippen molar-refractivity contribution in [1.82, 2.24) is 5.32 Å². The van der Waals surface area contributed by atoms with Gasteiger partial charge in [-0.25, -0.2) is 0 Å². The molecule has 0 spiro atoms. The molecule has 1 atom stereocenters. The van der Waals surface area contributed by atoms with Gasteiger partial charge in [0.1, 0.15) is 5.75 Å². The fraction of sp³-hybridized carbons (Fsp3) is 0.214. The number of amides is 1. The number of nitrogens with one attached hydrogen (secondary N) is 1. The van der Waals surface area contributed by atoms with Gasteiger partial charge in [-0.15, -0.1) is 0 Å². The van der Waals surface area contributed by atoms with E-state index in [1.54, 1.807) is 30.6 Å². The first-order chi connectivity index (χ1) is 9.11. The van der Waals surface area contributed by atoms with E-state index in [-0.39, 0.29) is 11.9 Å². The number of ether oxygens (including phenoxy) is 1. The topological polar surface area (TPSA) is 38.3 Å². The van der Waals surface area contributed by atoms with Crippen LogP contribution in [0.1, 0.15) is 28.9 Å². The Kier molecular flexibility index (Phi) is 4.61. The lowest BCUT2D eigenvalue weighted by molar-refractivity contribution is 0.0937. The first-order valence-corrected chi connectivity index (χ1v) is 7.52. The van der Waals surface area contributed by atoms with Crippen molar-refractivity contribution in [1.29, 1.82) is 0 Å². The SMILES string of the molecule is COc1cc(Br)ccc1C(=O)NC(C)c1ccsc1. The maximum Gasteiger partial charge on any atom is 0.255 e. The van der Waals surface area contributed by atoms with Gasteiger partial charge in [0, 0.05) is 4.47 Å². The van der Waals surface area contributed by atoms with Crippen LogP contribution in [0, 0.1) is 0 Å². The summed E-state index contributed by atoms with van der Waals surface area (Å²) in [5.74, 6) is 0.424. The third kappa shape index (κ3) is 3.36. The molecule has 1 N–H and O–H groups in total. The molecule has 1 unspecified atom stereocenters. The Balaban J connectivity index is 2.16. The lowest BCUT2D eigenvalue weighted by Crippen LogP contribution is -2.26. The van der Waals surface area contributed by atoms with Gasteiger partial charge < -0.3 is 10.1 Å². The third-order valence-electron chi connectivity index (χ3n) is 2.80. The van der Waals surface area contributed by atoms with E-state index < -0.39 is 0 Å². The van der Waals surface area contributed by atoms with Crippen molar-refractivity contribution < 1.29 is 9.53 Å². The van der Waals surface area contributed by atoms with Crippen LogP contribution in [0.4, 0.5) is 0 Å². The molecular formula is C14H14BrNO2S. The number of hydrogen-bond donors (Lipinski definition) is 1. The van der Waals surface area contributed by atoms with Gasteiger partial charge >= 0.3 is 0 Å². The number of benzene rings is 1. The molecule has 0 aliphatic carbocycles. The first kappa shape index (κ1) is 14.1. The van der Waals surface area contributed by atoms with E-state index in [0.29, 0.717) is 11.3 Å². The minimum atomic E-state index is -0.136. The quantitative estimate of drug-likeness (QED) is 0.913. The minimum Gasteiger partial charge on any atom is -0.496 e. The normalized spacial score (nSPS) is 11.9. The molecule has 1 aromatic heterocycles. The predicted molar refractivity (Wildman–Crippen MR) is 80.9 cm³/mol. The molecule has 0 bridgehead atoms. The van der Waals surface area contributed by atoms with Gasteiger partial charge in [-0.1, -0.05) is 15.9 Å². The van der Waals surface area contributed by atoms with Crippen LogP contribution in [-0.4, -0.2) is 13.0 Å². The van der Waals surface area contributed by atoms with Gasteiger partial charge in [0.25, 0.3) is 5.91 Å². The first-order valence-electron chi connectivity index (χ1n) is 5.78. The van der Waals surface area contributed by atoms with Crippen LogP contribution < -0.4 is 10.1 Å². The van der Waals surface area contributed by atoms with Crippen LogP contribution in [0.3, 0.4) is 0 Å². The second-order valence-electron chi connectivity index (χ2n) is 4.10. The summed E-state index contributed by atoms with van der Waals surface area (Å²) in [6, 6.07) is 7.34. The summed E-state index contributed by atoms with van der Waals surface area (Å²) in [5.41, 5.74) is 1.64. The van der Waals surface area contributed by atoms with Crippen molar-refractivity contribution in [2.45, 2.75) is 13.0 Å². The summed E-state index contributed by atoms with van der Waals surface area (Å²) in [4.78, 5) is 12.2. The van der Waals surface area contributed by atoms with Crippen molar-refractivity contribution in [2.24, 2.45) is 0 Å². The zero-order chi connectivity index (χ0) is 13.8. The summed E-state index contributed by atoms with van der Waals surface area (Å²) < 4.78 is 6.11. The molecule has 0 aliphatic rings. The Labute approximate surface area is 124 Å². The Hall–Kier alpha value is -1.33. The van der Waals surface area contributed by atoms with E-state index >= 15 is 0 Å². The number of halogens is 1. The number of carbonyl (C=O) groups is 1. The van der Waals surface area contributed by atoms with E-state index in [1.807, 2.05) is 29.8 Å². The molecule has 1 heterocycles. The van der Waals surface area contributed by atoms with Gasteiger partial charge in [-0.3, -0.25) is 4.79 Å². The zero-order valence-corrected chi connectivity index (χ0v) is 13.0. The molecule has 1 amide bonds. The average Bonchev–Trinajstić information content (AvgIpc) is 2.92. The number of carbonyl (C=O) groups excluding carboxylic acids is 1. The summed E-state index contributed by atoms with van der Waals surface area (Å²) in [6.07, 6.45) is 0. The zero-order valence-electron chi connectivity index (χ0n) is 10.6. The van der Waals surface area contributed by atoms with Crippen molar-refractivity contribution in [3.63, 3.8) is 0 Å². The van der Waals surface area contributed by atoms with Crippen molar-refractivity contribution in [2.75, 3.05) is 7.11 Å². The molecule has 19 heavy (non-hydrogen) atoms. The lowest BCUT2D eigenvalue weighted by atomic mass is 10.1. The van der Waals surface area contributed by atoms with Crippen molar-refractivity contribution >= 4 is 33.2 Å². The third-order valence-corrected chi connectivity index (χ3v) is 3.99. The highest BCUT2D eigenvalue weighted by molar-refractivity contribution is 9.10. The Morgan fingerprint density at radius 3 is 2.84 bits per heavy atom. The maximum atomic E-state index is 12.2. The largest absolute Gasteiger partial charge is 0.496 e. The highest BCUT2D eigenvalue weighted by Crippen LogP contribution is 2.24. The molecule has 0 saturated heterocycles. The molecule has 2 rings (SSSR count). The smallest absolute Gasteiger partial charge is 0.255 e. The standard InChI is InChI=1S/C14H14BrNO2S/c1-9(10-5-6-19-8-10)16-14(17)12-4-3-11(15)7-13(12)18-2/h3-9H,1-2H3,(H,16,17). The minimum absolute atomic E-state index is 0.0212. The number of methoxy groups -OCH3 is 1. The fourth-order valence-corrected chi connectivity index (χ4v) is 2.83. The highest BCUT2D eigenvalue weighted by atomic mass is 79.9. The Morgan fingerprint density at radius 2 is 2.21 bits per heavy atom. The average molecular weight is 340 g/mol. The van der Waals surface area contributed by atoms with E-state index in [9.17, 15) is 4.79 Å².